The summed E-state index contributed by atoms with van der Waals surface area (Å²) in [6.07, 6.45) is 3.15. The van der Waals surface area contributed by atoms with E-state index >= 15 is 0 Å². The smallest absolute Gasteiger partial charge is 0.270 e. The van der Waals surface area contributed by atoms with Gasteiger partial charge in [-0.1, -0.05) is 25.8 Å². The van der Waals surface area contributed by atoms with Gasteiger partial charge in [0, 0.05) is 12.6 Å². The number of rotatable bonds is 7. The summed E-state index contributed by atoms with van der Waals surface area (Å²) in [5.41, 5.74) is 0.540. The first-order valence-electron chi connectivity index (χ1n) is 7.10. The maximum absolute atomic E-state index is 11.9. The lowest BCUT2D eigenvalue weighted by Gasteiger charge is -2.09. The lowest BCUT2D eigenvalue weighted by atomic mass is 10.2. The molecule has 0 saturated carbocycles. The van der Waals surface area contributed by atoms with E-state index < -0.39 is 0 Å². The van der Waals surface area contributed by atoms with Crippen molar-refractivity contribution in [1.82, 2.24) is 15.6 Å². The highest BCUT2D eigenvalue weighted by atomic mass is 16.2. The first-order chi connectivity index (χ1) is 9.54. The molecule has 5 heteroatoms. The summed E-state index contributed by atoms with van der Waals surface area (Å²) in [6.45, 7) is 6.50. The number of hydrogen-bond acceptors (Lipinski definition) is 3. The highest BCUT2D eigenvalue weighted by molar-refractivity contribution is 5.96. The maximum atomic E-state index is 11.9. The molecule has 0 radical (unpaired) electrons. The third-order valence-corrected chi connectivity index (χ3v) is 2.70. The van der Waals surface area contributed by atoms with Crippen LogP contribution in [0.25, 0.3) is 0 Å². The van der Waals surface area contributed by atoms with Crippen molar-refractivity contribution in [2.75, 3.05) is 6.54 Å². The van der Waals surface area contributed by atoms with Gasteiger partial charge in [0.05, 0.1) is 0 Å². The fraction of sp³-hybridized carbons (Fsp3) is 0.533. The number of hydrogen-bond donors (Lipinski definition) is 2. The second-order valence-corrected chi connectivity index (χ2v) is 5.00. The van der Waals surface area contributed by atoms with Crippen LogP contribution < -0.4 is 10.6 Å². The molecule has 0 aliphatic rings. The van der Waals surface area contributed by atoms with Crippen LogP contribution in [0.15, 0.2) is 18.2 Å². The van der Waals surface area contributed by atoms with Crippen molar-refractivity contribution in [3.63, 3.8) is 0 Å². The molecule has 1 heterocycles. The first kappa shape index (κ1) is 16.1. The van der Waals surface area contributed by atoms with Gasteiger partial charge in [0.1, 0.15) is 11.4 Å². The van der Waals surface area contributed by atoms with Crippen molar-refractivity contribution >= 4 is 11.8 Å². The summed E-state index contributed by atoms with van der Waals surface area (Å²) in [5, 5.41) is 5.56. The third-order valence-electron chi connectivity index (χ3n) is 2.70. The molecule has 0 bridgehead atoms. The number of nitrogens with one attached hydrogen (secondary N) is 2. The summed E-state index contributed by atoms with van der Waals surface area (Å²) in [7, 11) is 0. The Hall–Kier alpha value is -1.91. The number of nitrogens with zero attached hydrogens (tertiary/aromatic N) is 1. The Bertz CT molecular complexity index is 458. The number of unbranched alkanes of at least 4 members (excludes halogenated alkanes) is 2. The van der Waals surface area contributed by atoms with E-state index in [1.807, 2.05) is 13.8 Å². The Labute approximate surface area is 120 Å². The van der Waals surface area contributed by atoms with E-state index in [4.69, 9.17) is 0 Å². The predicted molar refractivity (Wildman–Crippen MR) is 78.7 cm³/mol. The Morgan fingerprint density at radius 1 is 1.15 bits per heavy atom. The Morgan fingerprint density at radius 3 is 2.40 bits per heavy atom. The van der Waals surface area contributed by atoms with E-state index in [0.29, 0.717) is 6.54 Å². The molecule has 0 aliphatic carbocycles. The molecule has 0 fully saturated rings. The van der Waals surface area contributed by atoms with Crippen LogP contribution in [0.1, 0.15) is 61.0 Å². The molecule has 1 rings (SSSR count). The second kappa shape index (κ2) is 8.30. The highest BCUT2D eigenvalue weighted by Gasteiger charge is 2.12. The van der Waals surface area contributed by atoms with Gasteiger partial charge in [-0.05, 0) is 32.4 Å². The van der Waals surface area contributed by atoms with Crippen LogP contribution in [0.4, 0.5) is 0 Å². The van der Waals surface area contributed by atoms with Gasteiger partial charge in [0.25, 0.3) is 11.8 Å². The van der Waals surface area contributed by atoms with Gasteiger partial charge in [-0.3, -0.25) is 9.59 Å². The highest BCUT2D eigenvalue weighted by Crippen LogP contribution is 2.01. The minimum absolute atomic E-state index is 0.0378. The topological polar surface area (TPSA) is 71.1 Å². The van der Waals surface area contributed by atoms with E-state index in [9.17, 15) is 9.59 Å². The molecule has 5 nitrogen and oxygen atoms in total. The molecule has 1 aromatic heterocycles. The summed E-state index contributed by atoms with van der Waals surface area (Å²) in [5.74, 6) is -0.499. The van der Waals surface area contributed by atoms with Crippen LogP contribution >= 0.6 is 0 Å². The summed E-state index contributed by atoms with van der Waals surface area (Å²) < 4.78 is 0. The molecule has 0 aliphatic heterocycles. The molecular weight excluding hydrogens is 254 g/mol. The van der Waals surface area contributed by atoms with Crippen molar-refractivity contribution in [2.45, 2.75) is 46.1 Å². The van der Waals surface area contributed by atoms with Gasteiger partial charge >= 0.3 is 0 Å². The molecule has 0 unspecified atom stereocenters. The number of carbonyl (C=O) groups is 2. The van der Waals surface area contributed by atoms with E-state index in [1.165, 1.54) is 0 Å². The second-order valence-electron chi connectivity index (χ2n) is 5.00. The number of amides is 2. The van der Waals surface area contributed by atoms with Crippen molar-refractivity contribution in [1.29, 1.82) is 0 Å². The Kier molecular flexibility index (Phi) is 6.70. The fourth-order valence-electron chi connectivity index (χ4n) is 1.69. The zero-order valence-electron chi connectivity index (χ0n) is 12.4. The average Bonchev–Trinajstić information content (AvgIpc) is 2.43. The fourth-order valence-corrected chi connectivity index (χ4v) is 1.69. The standard InChI is InChI=1S/C15H23N3O2/c1-4-5-6-10-16-14(19)12-8-7-9-13(18-12)15(20)17-11(2)3/h7-9,11H,4-6,10H2,1-3H3,(H,16,19)(H,17,20). The van der Waals surface area contributed by atoms with E-state index in [0.717, 1.165) is 19.3 Å². The normalized spacial score (nSPS) is 10.4. The van der Waals surface area contributed by atoms with Gasteiger partial charge in [0.15, 0.2) is 0 Å². The minimum Gasteiger partial charge on any atom is -0.351 e. The molecule has 2 N–H and O–H groups in total. The van der Waals surface area contributed by atoms with Crippen molar-refractivity contribution in [3.8, 4) is 0 Å². The van der Waals surface area contributed by atoms with Gasteiger partial charge < -0.3 is 10.6 Å². The van der Waals surface area contributed by atoms with Crippen LogP contribution in [-0.4, -0.2) is 29.4 Å². The van der Waals surface area contributed by atoms with Crippen molar-refractivity contribution in [2.24, 2.45) is 0 Å². The molecule has 0 aromatic carbocycles. The molecule has 1 aromatic rings. The van der Waals surface area contributed by atoms with Gasteiger partial charge in [0.2, 0.25) is 0 Å². The molecular formula is C15H23N3O2. The average molecular weight is 277 g/mol. The molecule has 0 spiro atoms. The van der Waals surface area contributed by atoms with Gasteiger partial charge in [-0.2, -0.15) is 0 Å². The Morgan fingerprint density at radius 2 is 1.80 bits per heavy atom. The maximum Gasteiger partial charge on any atom is 0.270 e. The number of aromatic nitrogens is 1. The van der Waals surface area contributed by atoms with Crippen LogP contribution in [0, 0.1) is 0 Å². The quantitative estimate of drug-likeness (QED) is 0.750. The van der Waals surface area contributed by atoms with Crippen LogP contribution in [0.5, 0.6) is 0 Å². The van der Waals surface area contributed by atoms with Crippen LogP contribution in [0.2, 0.25) is 0 Å². The molecule has 0 atom stereocenters. The van der Waals surface area contributed by atoms with E-state index in [1.54, 1.807) is 18.2 Å². The van der Waals surface area contributed by atoms with Crippen LogP contribution in [0.3, 0.4) is 0 Å². The zero-order valence-corrected chi connectivity index (χ0v) is 12.4. The monoisotopic (exact) mass is 277 g/mol. The summed E-state index contributed by atoms with van der Waals surface area (Å²) in [6, 6.07) is 4.92. The molecule has 20 heavy (non-hydrogen) atoms. The van der Waals surface area contributed by atoms with E-state index in [2.05, 4.69) is 22.5 Å². The molecule has 2 amide bonds. The van der Waals surface area contributed by atoms with Gasteiger partial charge in [-0.15, -0.1) is 0 Å². The predicted octanol–water partition coefficient (Wildman–Crippen LogP) is 2.14. The Balaban J connectivity index is 2.62. The SMILES string of the molecule is CCCCCNC(=O)c1cccc(C(=O)NC(C)C)n1. The first-order valence-corrected chi connectivity index (χ1v) is 7.10. The zero-order chi connectivity index (χ0) is 15.0. The minimum atomic E-state index is -0.263. The van der Waals surface area contributed by atoms with E-state index in [-0.39, 0.29) is 29.2 Å². The largest absolute Gasteiger partial charge is 0.351 e. The lowest BCUT2D eigenvalue weighted by Crippen LogP contribution is -2.31. The summed E-state index contributed by atoms with van der Waals surface area (Å²) >= 11 is 0. The summed E-state index contributed by atoms with van der Waals surface area (Å²) in [4.78, 5) is 27.8. The number of pyridine rings is 1. The lowest BCUT2D eigenvalue weighted by molar-refractivity contribution is 0.0936. The number of carbonyl (C=O) groups excluding carboxylic acids is 2. The van der Waals surface area contributed by atoms with Crippen molar-refractivity contribution < 1.29 is 9.59 Å². The van der Waals surface area contributed by atoms with Crippen LogP contribution in [-0.2, 0) is 0 Å². The molecule has 110 valence electrons. The van der Waals surface area contributed by atoms with Crippen molar-refractivity contribution in [3.05, 3.63) is 29.6 Å². The third kappa shape index (κ3) is 5.38. The molecule has 0 saturated heterocycles. The van der Waals surface area contributed by atoms with Gasteiger partial charge in [-0.25, -0.2) is 4.98 Å².